The molecule has 0 saturated heterocycles. The molecule has 6 nitrogen and oxygen atoms in total. The molecule has 1 aliphatic rings. The van der Waals surface area contributed by atoms with Crippen LogP contribution in [0.1, 0.15) is 46.9 Å². The maximum absolute atomic E-state index is 13.0. The molecular weight excluding hydrogens is 574 g/mol. The van der Waals surface area contributed by atoms with E-state index in [4.69, 9.17) is 21.1 Å². The number of hydrogen-bond donors (Lipinski definition) is 1. The van der Waals surface area contributed by atoms with E-state index in [-0.39, 0.29) is 12.2 Å². The van der Waals surface area contributed by atoms with Gasteiger partial charge in [-0.15, -0.1) is 11.3 Å². The second-order valence-electron chi connectivity index (χ2n) is 8.28. The van der Waals surface area contributed by atoms with E-state index in [0.717, 1.165) is 41.7 Å². The van der Waals surface area contributed by atoms with Gasteiger partial charge in [-0.25, -0.2) is 0 Å². The number of aryl methyl sites for hydroxylation is 1. The van der Waals surface area contributed by atoms with E-state index in [1.807, 2.05) is 31.2 Å². The first-order chi connectivity index (χ1) is 17.9. The van der Waals surface area contributed by atoms with Crippen molar-refractivity contribution in [2.75, 3.05) is 11.9 Å². The minimum Gasteiger partial charge on any atom is -0.490 e. The number of fused-ring (bicyclic) bond motifs is 1. The summed E-state index contributed by atoms with van der Waals surface area (Å²) in [6.07, 6.45) is 5.33. The van der Waals surface area contributed by atoms with E-state index in [0.29, 0.717) is 43.7 Å². The number of hydrogen-bond acceptors (Lipinski definition) is 6. The maximum atomic E-state index is 13.0. The molecule has 1 amide bonds. The lowest BCUT2D eigenvalue weighted by Gasteiger charge is -2.15. The summed E-state index contributed by atoms with van der Waals surface area (Å²) in [6, 6.07) is 15.1. The molecule has 0 spiro atoms. The molecule has 37 heavy (non-hydrogen) atoms. The summed E-state index contributed by atoms with van der Waals surface area (Å²) in [5.74, 6) is 0.400. The van der Waals surface area contributed by atoms with Gasteiger partial charge in [0, 0.05) is 19.9 Å². The summed E-state index contributed by atoms with van der Waals surface area (Å²) < 4.78 is 12.4. The predicted molar refractivity (Wildman–Crippen MR) is 149 cm³/mol. The zero-order valence-electron chi connectivity index (χ0n) is 20.1. The van der Waals surface area contributed by atoms with Gasteiger partial charge in [0.2, 0.25) is 0 Å². The lowest BCUT2D eigenvalue weighted by molar-refractivity contribution is -0.112. The maximum Gasteiger partial charge on any atom is 0.266 e. The molecule has 1 aliphatic carbocycles. The fourth-order valence-electron chi connectivity index (χ4n) is 4.06. The molecule has 188 valence electrons. The van der Waals surface area contributed by atoms with E-state index in [1.54, 1.807) is 18.2 Å². The van der Waals surface area contributed by atoms with Crippen LogP contribution in [0.3, 0.4) is 0 Å². The monoisotopic (exact) mass is 595 g/mol. The number of nitrogens with one attached hydrogen (secondary N) is 1. The molecule has 1 aromatic heterocycles. The third-order valence-corrected chi connectivity index (χ3v) is 8.14. The zero-order chi connectivity index (χ0) is 26.4. The van der Waals surface area contributed by atoms with Gasteiger partial charge in [0.25, 0.3) is 5.91 Å². The SMILES string of the molecule is CCOc1cc(/C=C(\C#N)C(=O)Nc2sc3c(c2C#N)CCCC3)c(Br)cc1OCc1ccccc1Cl. The van der Waals surface area contributed by atoms with Crippen molar-refractivity contribution in [3.8, 4) is 23.6 Å². The average Bonchev–Trinajstić information content (AvgIpc) is 3.25. The van der Waals surface area contributed by atoms with Crippen LogP contribution in [-0.4, -0.2) is 12.5 Å². The second-order valence-corrected chi connectivity index (χ2v) is 10.7. The molecule has 0 fully saturated rings. The first-order valence-electron chi connectivity index (χ1n) is 11.8. The molecule has 1 N–H and O–H groups in total. The fraction of sp³-hybridized carbons (Fsp3) is 0.250. The molecule has 0 saturated carbocycles. The minimum atomic E-state index is -0.568. The third-order valence-electron chi connectivity index (χ3n) is 5.88. The molecule has 0 atom stereocenters. The number of carbonyl (C=O) groups is 1. The highest BCUT2D eigenvalue weighted by atomic mass is 79.9. The van der Waals surface area contributed by atoms with Gasteiger partial charge in [0.05, 0.1) is 12.2 Å². The highest BCUT2D eigenvalue weighted by molar-refractivity contribution is 9.10. The first kappa shape index (κ1) is 26.8. The number of benzene rings is 2. The molecule has 4 rings (SSSR count). The normalized spacial score (nSPS) is 12.7. The number of nitrogens with zero attached hydrogens (tertiary/aromatic N) is 2. The molecular formula is C28H23BrClN3O3S. The Labute approximate surface area is 233 Å². The largest absolute Gasteiger partial charge is 0.490 e. The molecule has 0 aliphatic heterocycles. The lowest BCUT2D eigenvalue weighted by atomic mass is 9.96. The van der Waals surface area contributed by atoms with Crippen LogP contribution < -0.4 is 14.8 Å². The summed E-state index contributed by atoms with van der Waals surface area (Å²) >= 11 is 11.2. The van der Waals surface area contributed by atoms with Gasteiger partial charge in [-0.2, -0.15) is 10.5 Å². The Morgan fingerprint density at radius 2 is 1.95 bits per heavy atom. The molecule has 3 aromatic rings. The van der Waals surface area contributed by atoms with Crippen LogP contribution in [0.5, 0.6) is 11.5 Å². The zero-order valence-corrected chi connectivity index (χ0v) is 23.2. The summed E-state index contributed by atoms with van der Waals surface area (Å²) in [6.45, 7) is 2.51. The Hall–Kier alpha value is -3.30. The van der Waals surface area contributed by atoms with Gasteiger partial charge in [-0.3, -0.25) is 4.79 Å². The van der Waals surface area contributed by atoms with Crippen molar-refractivity contribution in [3.05, 3.63) is 78.6 Å². The van der Waals surface area contributed by atoms with Crippen molar-refractivity contribution in [2.24, 2.45) is 0 Å². The van der Waals surface area contributed by atoms with Crippen LogP contribution in [0.15, 0.2) is 46.4 Å². The molecule has 0 bridgehead atoms. The van der Waals surface area contributed by atoms with Crippen LogP contribution in [0.2, 0.25) is 5.02 Å². The highest BCUT2D eigenvalue weighted by Crippen LogP contribution is 2.38. The van der Waals surface area contributed by atoms with Crippen LogP contribution in [0.25, 0.3) is 6.08 Å². The Morgan fingerprint density at radius 1 is 1.19 bits per heavy atom. The van der Waals surface area contributed by atoms with Crippen molar-refractivity contribution < 1.29 is 14.3 Å². The standard InChI is InChI=1S/C28H23BrClN3O3S/c1-2-35-24-12-18(22(29)13-25(24)36-16-17-7-3-5-9-23(17)30)11-19(14-31)27(34)33-28-21(15-32)20-8-4-6-10-26(20)37-28/h3,5,7,9,11-13H,2,4,6,8,10,16H2,1H3,(H,33,34)/b19-11+. The quantitative estimate of drug-likeness (QED) is 0.215. The lowest BCUT2D eigenvalue weighted by Crippen LogP contribution is -2.13. The number of thiophene rings is 1. The van der Waals surface area contributed by atoms with E-state index in [1.165, 1.54) is 17.4 Å². The number of nitriles is 2. The van der Waals surface area contributed by atoms with Crippen LogP contribution >= 0.6 is 38.9 Å². The number of anilines is 1. The smallest absolute Gasteiger partial charge is 0.266 e. The van der Waals surface area contributed by atoms with Crippen molar-refractivity contribution in [1.82, 2.24) is 0 Å². The number of amides is 1. The van der Waals surface area contributed by atoms with Crippen LogP contribution in [0, 0.1) is 22.7 Å². The van der Waals surface area contributed by atoms with E-state index in [2.05, 4.69) is 27.3 Å². The summed E-state index contributed by atoms with van der Waals surface area (Å²) in [4.78, 5) is 14.2. The van der Waals surface area contributed by atoms with E-state index in [9.17, 15) is 15.3 Å². The number of halogens is 2. The second kappa shape index (κ2) is 12.3. The Bertz CT molecular complexity index is 1450. The topological polar surface area (TPSA) is 95.1 Å². The molecule has 2 aromatic carbocycles. The summed E-state index contributed by atoms with van der Waals surface area (Å²) in [7, 11) is 0. The summed E-state index contributed by atoms with van der Waals surface area (Å²) in [5.41, 5.74) is 2.84. The van der Waals surface area contributed by atoms with Gasteiger partial charge in [-0.05, 0) is 68.0 Å². The Morgan fingerprint density at radius 3 is 2.68 bits per heavy atom. The van der Waals surface area contributed by atoms with Crippen LogP contribution in [-0.2, 0) is 24.2 Å². The molecule has 9 heteroatoms. The van der Waals surface area contributed by atoms with E-state index < -0.39 is 5.91 Å². The van der Waals surface area contributed by atoms with Gasteiger partial charge in [0.1, 0.15) is 29.3 Å². The summed E-state index contributed by atoms with van der Waals surface area (Å²) in [5, 5.41) is 23.3. The van der Waals surface area contributed by atoms with Crippen molar-refractivity contribution in [1.29, 1.82) is 10.5 Å². The molecule has 0 unspecified atom stereocenters. The first-order valence-corrected chi connectivity index (χ1v) is 13.7. The van der Waals surface area contributed by atoms with Crippen LogP contribution in [0.4, 0.5) is 5.00 Å². The predicted octanol–water partition coefficient (Wildman–Crippen LogP) is 7.44. The molecule has 1 heterocycles. The number of rotatable bonds is 8. The van der Waals surface area contributed by atoms with E-state index >= 15 is 0 Å². The van der Waals surface area contributed by atoms with Crippen molar-refractivity contribution in [2.45, 2.75) is 39.2 Å². The fourth-order valence-corrected chi connectivity index (χ4v) is 5.92. The number of carbonyl (C=O) groups excluding carboxylic acids is 1. The highest BCUT2D eigenvalue weighted by Gasteiger charge is 2.23. The van der Waals surface area contributed by atoms with Crippen molar-refractivity contribution in [3.63, 3.8) is 0 Å². The van der Waals surface area contributed by atoms with Gasteiger partial charge in [0.15, 0.2) is 11.5 Å². The van der Waals surface area contributed by atoms with Gasteiger partial charge >= 0.3 is 0 Å². The van der Waals surface area contributed by atoms with Crippen molar-refractivity contribution >= 4 is 55.9 Å². The van der Waals surface area contributed by atoms with Gasteiger partial charge < -0.3 is 14.8 Å². The Balaban J connectivity index is 1.59. The Kier molecular flexibility index (Phi) is 8.89. The number of ether oxygens (including phenoxy) is 2. The average molecular weight is 597 g/mol. The molecule has 0 radical (unpaired) electrons. The van der Waals surface area contributed by atoms with Gasteiger partial charge in [-0.1, -0.05) is 45.7 Å². The third kappa shape index (κ3) is 6.17. The minimum absolute atomic E-state index is 0.0943.